The molecule has 0 fully saturated rings. The number of nitrogens with zero attached hydrogens (tertiary/aromatic N) is 2. The first-order valence-electron chi connectivity index (χ1n) is 9.55. The molecule has 2 aliphatic rings. The molecule has 4 rings (SSSR count). The lowest BCUT2D eigenvalue weighted by atomic mass is 9.93. The first-order chi connectivity index (χ1) is 14.4. The molecule has 156 valence electrons. The van der Waals surface area contributed by atoms with Crippen LogP contribution < -0.4 is 19.7 Å². The maximum absolute atomic E-state index is 14.6. The number of nitrogens with one attached hydrogen (secondary N) is 1. The number of benzene rings is 2. The van der Waals surface area contributed by atoms with Gasteiger partial charge in [0.05, 0.1) is 17.3 Å². The molecule has 0 aliphatic carbocycles. The number of allylic oxidation sites excluding steroid dienone is 1. The third-order valence-corrected chi connectivity index (χ3v) is 5.42. The number of thiocarbonyl (C=S) groups is 1. The van der Waals surface area contributed by atoms with Crippen LogP contribution in [0.4, 0.5) is 10.1 Å². The van der Waals surface area contributed by atoms with Crippen LogP contribution in [-0.2, 0) is 4.79 Å². The average Bonchev–Trinajstić information content (AvgIpc) is 2.73. The number of ether oxygens (including phenoxy) is 2. The molecule has 0 bridgehead atoms. The smallest absolute Gasteiger partial charge is 0.253 e. The number of likely N-dealkylation sites (N-methyl/N-ethyl adjacent to an activating group) is 1. The number of halogens is 1. The van der Waals surface area contributed by atoms with Crippen molar-refractivity contribution in [2.45, 2.75) is 13.0 Å². The maximum atomic E-state index is 14.6. The van der Waals surface area contributed by atoms with E-state index in [-0.39, 0.29) is 5.91 Å². The minimum absolute atomic E-state index is 0.224. The van der Waals surface area contributed by atoms with E-state index < -0.39 is 11.9 Å². The summed E-state index contributed by atoms with van der Waals surface area (Å²) in [7, 11) is 3.34. The number of carbonyl (C=O) groups excluding carboxylic acids is 1. The molecule has 6 nitrogen and oxygen atoms in total. The number of carbonyl (C=O) groups is 1. The van der Waals surface area contributed by atoms with Crippen molar-refractivity contribution in [2.75, 3.05) is 32.2 Å². The molecule has 8 heteroatoms. The summed E-state index contributed by atoms with van der Waals surface area (Å²) < 4.78 is 25.9. The molecule has 0 unspecified atom stereocenters. The van der Waals surface area contributed by atoms with E-state index in [1.165, 1.54) is 11.0 Å². The van der Waals surface area contributed by atoms with Gasteiger partial charge in [-0.3, -0.25) is 9.69 Å². The summed E-state index contributed by atoms with van der Waals surface area (Å²) in [5.41, 5.74) is 2.15. The van der Waals surface area contributed by atoms with Gasteiger partial charge in [0, 0.05) is 31.4 Å². The van der Waals surface area contributed by atoms with Gasteiger partial charge in [0.1, 0.15) is 19.0 Å². The minimum Gasteiger partial charge on any atom is -0.486 e. The summed E-state index contributed by atoms with van der Waals surface area (Å²) >= 11 is 5.63. The Balaban J connectivity index is 1.84. The maximum Gasteiger partial charge on any atom is 0.253 e. The molecule has 0 radical (unpaired) electrons. The molecule has 0 saturated heterocycles. The lowest BCUT2D eigenvalue weighted by Crippen LogP contribution is -2.49. The standard InChI is InChI=1S/C22H22FN3O3S/c1-13-19(21(27)25(2)3)20(15-6-4-5-7-16(15)23)24-22(30)26(13)14-8-9-17-18(12-14)29-11-10-28-17/h4-9,12,20H,10-11H2,1-3H3,(H,24,30)/t20-/m1/s1. The van der Waals surface area contributed by atoms with Gasteiger partial charge in [0.2, 0.25) is 0 Å². The number of fused-ring (bicyclic) bond motifs is 1. The first-order valence-corrected chi connectivity index (χ1v) is 9.96. The fourth-order valence-electron chi connectivity index (χ4n) is 3.69. The van der Waals surface area contributed by atoms with Crippen LogP contribution in [0.2, 0.25) is 0 Å². The molecule has 30 heavy (non-hydrogen) atoms. The van der Waals surface area contributed by atoms with Crippen LogP contribution in [0.3, 0.4) is 0 Å². The van der Waals surface area contributed by atoms with Crippen LogP contribution in [0, 0.1) is 5.82 Å². The van der Waals surface area contributed by atoms with E-state index in [0.29, 0.717) is 46.7 Å². The van der Waals surface area contributed by atoms with E-state index in [1.807, 2.05) is 25.1 Å². The Morgan fingerprint density at radius 3 is 2.57 bits per heavy atom. The van der Waals surface area contributed by atoms with Crippen LogP contribution in [0.5, 0.6) is 11.5 Å². The van der Waals surface area contributed by atoms with Gasteiger partial charge in [-0.05, 0) is 37.3 Å². The predicted molar refractivity (Wildman–Crippen MR) is 116 cm³/mol. The van der Waals surface area contributed by atoms with Gasteiger partial charge in [-0.15, -0.1) is 0 Å². The van der Waals surface area contributed by atoms with E-state index in [1.54, 1.807) is 37.2 Å². The van der Waals surface area contributed by atoms with Gasteiger partial charge in [-0.25, -0.2) is 4.39 Å². The van der Waals surface area contributed by atoms with Gasteiger partial charge in [0.15, 0.2) is 16.6 Å². The highest BCUT2D eigenvalue weighted by Gasteiger charge is 2.36. The number of anilines is 1. The van der Waals surface area contributed by atoms with Crippen LogP contribution in [0.1, 0.15) is 18.5 Å². The lowest BCUT2D eigenvalue weighted by Gasteiger charge is -2.38. The third kappa shape index (κ3) is 3.47. The van der Waals surface area contributed by atoms with Gasteiger partial charge in [-0.2, -0.15) is 0 Å². The summed E-state index contributed by atoms with van der Waals surface area (Å²) in [6.45, 7) is 2.78. The highest BCUT2D eigenvalue weighted by Crippen LogP contribution is 2.39. The molecule has 2 aromatic carbocycles. The second-order valence-electron chi connectivity index (χ2n) is 7.27. The Morgan fingerprint density at radius 1 is 1.17 bits per heavy atom. The van der Waals surface area contributed by atoms with Crippen molar-refractivity contribution in [3.05, 3.63) is 65.1 Å². The molecule has 2 heterocycles. The Kier molecular flexibility index (Phi) is 5.34. The number of rotatable bonds is 3. The molecule has 2 aromatic rings. The Labute approximate surface area is 179 Å². The highest BCUT2D eigenvalue weighted by atomic mass is 32.1. The van der Waals surface area contributed by atoms with Gasteiger partial charge in [-0.1, -0.05) is 18.2 Å². The van der Waals surface area contributed by atoms with Crippen molar-refractivity contribution in [2.24, 2.45) is 0 Å². The molecular formula is C22H22FN3O3S. The SMILES string of the molecule is CC1=C(C(=O)N(C)C)[C@@H](c2ccccc2F)NC(=S)N1c1ccc2c(c1)OCCO2. The van der Waals surface area contributed by atoms with Gasteiger partial charge in [0.25, 0.3) is 5.91 Å². The molecule has 1 N–H and O–H groups in total. The number of amides is 1. The normalized spacial score (nSPS) is 18.2. The van der Waals surface area contributed by atoms with E-state index in [2.05, 4.69) is 5.32 Å². The van der Waals surface area contributed by atoms with Crippen LogP contribution in [0.25, 0.3) is 0 Å². The van der Waals surface area contributed by atoms with Crippen molar-refractivity contribution in [1.29, 1.82) is 0 Å². The van der Waals surface area contributed by atoms with Crippen molar-refractivity contribution >= 4 is 28.9 Å². The summed E-state index contributed by atoms with van der Waals surface area (Å²) in [6.07, 6.45) is 0. The molecule has 2 aliphatic heterocycles. The van der Waals surface area contributed by atoms with E-state index in [9.17, 15) is 9.18 Å². The zero-order valence-corrected chi connectivity index (χ0v) is 17.8. The van der Waals surface area contributed by atoms with Gasteiger partial charge >= 0.3 is 0 Å². The molecule has 1 amide bonds. The van der Waals surface area contributed by atoms with E-state index in [0.717, 1.165) is 5.69 Å². The summed E-state index contributed by atoms with van der Waals surface area (Å²) in [6, 6.07) is 11.2. The topological polar surface area (TPSA) is 54.0 Å². The van der Waals surface area contributed by atoms with Crippen LogP contribution in [-0.4, -0.2) is 43.2 Å². The summed E-state index contributed by atoms with van der Waals surface area (Å²) in [5, 5.41) is 3.53. The third-order valence-electron chi connectivity index (χ3n) is 5.12. The summed E-state index contributed by atoms with van der Waals surface area (Å²) in [5.74, 6) is 0.656. The number of hydrogen-bond donors (Lipinski definition) is 1. The molecular weight excluding hydrogens is 405 g/mol. The Morgan fingerprint density at radius 2 is 1.87 bits per heavy atom. The minimum atomic E-state index is -0.693. The Hall–Kier alpha value is -3.13. The fraction of sp³-hybridized carbons (Fsp3) is 0.273. The quantitative estimate of drug-likeness (QED) is 0.758. The van der Waals surface area contributed by atoms with Crippen molar-refractivity contribution in [3.8, 4) is 11.5 Å². The van der Waals surface area contributed by atoms with E-state index >= 15 is 0 Å². The van der Waals surface area contributed by atoms with Gasteiger partial charge < -0.3 is 19.7 Å². The van der Waals surface area contributed by atoms with Crippen molar-refractivity contribution in [3.63, 3.8) is 0 Å². The van der Waals surface area contributed by atoms with Crippen LogP contribution >= 0.6 is 12.2 Å². The predicted octanol–water partition coefficient (Wildman–Crippen LogP) is 3.39. The fourth-order valence-corrected chi connectivity index (χ4v) is 4.05. The van der Waals surface area contributed by atoms with Crippen LogP contribution in [0.15, 0.2) is 53.7 Å². The monoisotopic (exact) mass is 427 g/mol. The van der Waals surface area contributed by atoms with Crippen molar-refractivity contribution < 1.29 is 18.7 Å². The van der Waals surface area contributed by atoms with Crippen molar-refractivity contribution in [1.82, 2.24) is 10.2 Å². The number of hydrogen-bond acceptors (Lipinski definition) is 4. The lowest BCUT2D eigenvalue weighted by molar-refractivity contribution is -0.125. The Bertz CT molecular complexity index is 1050. The zero-order chi connectivity index (χ0) is 21.4. The summed E-state index contributed by atoms with van der Waals surface area (Å²) in [4.78, 5) is 16.4. The molecule has 1 atom stereocenters. The highest BCUT2D eigenvalue weighted by molar-refractivity contribution is 7.80. The average molecular weight is 428 g/mol. The second kappa shape index (κ2) is 7.95. The first kappa shape index (κ1) is 20.2. The second-order valence-corrected chi connectivity index (χ2v) is 7.65. The largest absolute Gasteiger partial charge is 0.486 e. The van der Waals surface area contributed by atoms with E-state index in [4.69, 9.17) is 21.7 Å². The molecule has 0 aromatic heterocycles. The molecule has 0 saturated carbocycles. The molecule has 0 spiro atoms. The zero-order valence-electron chi connectivity index (χ0n) is 16.9.